The van der Waals surface area contributed by atoms with E-state index in [1.54, 1.807) is 6.92 Å². The molecule has 0 aliphatic carbocycles. The van der Waals surface area contributed by atoms with Crippen LogP contribution in [0, 0.1) is 0 Å². The molecular formula is C13H15O5P. The van der Waals surface area contributed by atoms with E-state index in [0.29, 0.717) is 13.2 Å². The highest BCUT2D eigenvalue weighted by atomic mass is 31.2. The summed E-state index contributed by atoms with van der Waals surface area (Å²) in [5.74, 6) is -0.714. The van der Waals surface area contributed by atoms with Crippen LogP contribution < -0.4 is 0 Å². The average molecular weight is 282 g/mol. The number of rotatable bonds is 5. The van der Waals surface area contributed by atoms with E-state index < -0.39 is 14.6 Å². The minimum atomic E-state index is -1.50. The molecule has 1 aromatic carbocycles. The topological polar surface area (TPSA) is 54.0 Å². The minimum Gasteiger partial charge on any atom is -0.452 e. The highest BCUT2D eigenvalue weighted by Gasteiger charge is 2.25. The Labute approximate surface area is 113 Å². The highest BCUT2D eigenvalue weighted by Crippen LogP contribution is 2.45. The number of ether oxygens (including phenoxy) is 1. The predicted octanol–water partition coefficient (Wildman–Crippen LogP) is 3.09. The van der Waals surface area contributed by atoms with Crippen molar-refractivity contribution in [1.82, 2.24) is 0 Å². The van der Waals surface area contributed by atoms with Crippen LogP contribution in [0.2, 0.25) is 0 Å². The smallest absolute Gasteiger partial charge is 0.397 e. The zero-order chi connectivity index (χ0) is 13.7. The van der Waals surface area contributed by atoms with Gasteiger partial charge in [-0.1, -0.05) is 30.3 Å². The predicted molar refractivity (Wildman–Crippen MR) is 70.0 cm³/mol. The summed E-state index contributed by atoms with van der Waals surface area (Å²) in [6, 6.07) is 9.43. The van der Waals surface area contributed by atoms with E-state index in [0.717, 1.165) is 5.56 Å². The third-order valence-corrected chi connectivity index (χ3v) is 3.60. The monoisotopic (exact) mass is 282 g/mol. The van der Waals surface area contributed by atoms with Gasteiger partial charge in [-0.25, -0.2) is 4.79 Å². The summed E-state index contributed by atoms with van der Waals surface area (Å²) in [4.78, 5) is 11.8. The van der Waals surface area contributed by atoms with Gasteiger partial charge in [-0.2, -0.15) is 0 Å². The molecule has 0 spiro atoms. The van der Waals surface area contributed by atoms with Gasteiger partial charge in [0.05, 0.1) is 13.2 Å². The van der Waals surface area contributed by atoms with E-state index in [-0.39, 0.29) is 11.9 Å². The van der Waals surface area contributed by atoms with Crippen LogP contribution in [0.5, 0.6) is 0 Å². The van der Waals surface area contributed by atoms with Gasteiger partial charge in [-0.3, -0.25) is 0 Å². The second kappa shape index (κ2) is 6.66. The van der Waals surface area contributed by atoms with Crippen molar-refractivity contribution < 1.29 is 23.1 Å². The van der Waals surface area contributed by atoms with Gasteiger partial charge in [-0.05, 0) is 19.1 Å². The van der Waals surface area contributed by atoms with Crippen LogP contribution in [0.15, 0.2) is 42.7 Å². The second-order valence-electron chi connectivity index (χ2n) is 3.86. The van der Waals surface area contributed by atoms with Crippen LogP contribution in [0.4, 0.5) is 0 Å². The zero-order valence-corrected chi connectivity index (χ0v) is 11.5. The molecule has 1 heterocycles. The average Bonchev–Trinajstić information content (AvgIpc) is 2.92. The van der Waals surface area contributed by atoms with E-state index in [1.165, 1.54) is 0 Å². The van der Waals surface area contributed by atoms with Crippen LogP contribution >= 0.6 is 8.60 Å². The molecule has 102 valence electrons. The molecule has 0 bridgehead atoms. The summed E-state index contributed by atoms with van der Waals surface area (Å²) in [5, 5.41) is 0. The molecule has 0 radical (unpaired) electrons. The van der Waals surface area contributed by atoms with E-state index in [2.05, 4.69) is 6.58 Å². The minimum absolute atomic E-state index is 0.101. The molecule has 19 heavy (non-hydrogen) atoms. The molecule has 1 saturated heterocycles. The largest absolute Gasteiger partial charge is 0.452 e. The van der Waals surface area contributed by atoms with Crippen molar-refractivity contribution in [3.63, 3.8) is 0 Å². The Kier molecular flexibility index (Phi) is 4.91. The van der Waals surface area contributed by atoms with Gasteiger partial charge in [0.25, 0.3) is 0 Å². The van der Waals surface area contributed by atoms with Crippen LogP contribution in [-0.4, -0.2) is 19.2 Å². The standard InChI is InChI=1S/C13H15O5P/c1-10(12-6-4-3-5-7-12)17-13(14)11(2)18-19-15-8-9-16-19/h3-7,10H,2,8-9H2,1H3. The number of hydrogen-bond donors (Lipinski definition) is 0. The van der Waals surface area contributed by atoms with E-state index >= 15 is 0 Å². The molecule has 0 amide bonds. The first-order chi connectivity index (χ1) is 9.16. The molecule has 1 aliphatic heterocycles. The van der Waals surface area contributed by atoms with Gasteiger partial charge in [-0.15, -0.1) is 0 Å². The fourth-order valence-corrected chi connectivity index (χ4v) is 2.34. The van der Waals surface area contributed by atoms with Crippen LogP contribution in [-0.2, 0) is 23.1 Å². The quantitative estimate of drug-likeness (QED) is 0.359. The van der Waals surface area contributed by atoms with Gasteiger partial charge in [0.2, 0.25) is 5.76 Å². The molecular weight excluding hydrogens is 267 g/mol. The highest BCUT2D eigenvalue weighted by molar-refractivity contribution is 7.42. The summed E-state index contributed by atoms with van der Waals surface area (Å²) in [6.45, 7) is 6.24. The van der Waals surface area contributed by atoms with Crippen molar-refractivity contribution in [1.29, 1.82) is 0 Å². The molecule has 1 aliphatic rings. The molecule has 2 rings (SSSR count). The Morgan fingerprint density at radius 2 is 1.95 bits per heavy atom. The first-order valence-electron chi connectivity index (χ1n) is 5.85. The van der Waals surface area contributed by atoms with Crippen molar-refractivity contribution in [2.75, 3.05) is 13.2 Å². The van der Waals surface area contributed by atoms with E-state index in [9.17, 15) is 4.79 Å². The summed E-state index contributed by atoms with van der Waals surface area (Å²) in [6.07, 6.45) is -0.368. The molecule has 1 unspecified atom stereocenters. The van der Waals surface area contributed by atoms with Crippen LogP contribution in [0.25, 0.3) is 0 Å². The molecule has 5 nitrogen and oxygen atoms in total. The molecule has 1 atom stereocenters. The molecule has 1 fully saturated rings. The Bertz CT molecular complexity index is 442. The lowest BCUT2D eigenvalue weighted by Gasteiger charge is -2.15. The van der Waals surface area contributed by atoms with Gasteiger partial charge in [0.1, 0.15) is 6.10 Å². The summed E-state index contributed by atoms with van der Waals surface area (Å²) >= 11 is 0. The lowest BCUT2D eigenvalue weighted by molar-refractivity contribution is -0.146. The van der Waals surface area contributed by atoms with Gasteiger partial charge in [0, 0.05) is 0 Å². The van der Waals surface area contributed by atoms with Gasteiger partial charge in [0.15, 0.2) is 0 Å². The molecule has 1 aromatic rings. The lowest BCUT2D eigenvalue weighted by atomic mass is 10.1. The summed E-state index contributed by atoms with van der Waals surface area (Å²) < 4.78 is 20.6. The fraction of sp³-hybridized carbons (Fsp3) is 0.308. The maximum atomic E-state index is 11.8. The van der Waals surface area contributed by atoms with Crippen molar-refractivity contribution in [3.8, 4) is 0 Å². The fourth-order valence-electron chi connectivity index (χ4n) is 1.46. The zero-order valence-electron chi connectivity index (χ0n) is 10.6. The SMILES string of the molecule is C=C(OP1OCCO1)C(=O)OC(C)c1ccccc1. The summed E-state index contributed by atoms with van der Waals surface area (Å²) in [7, 11) is -1.50. The van der Waals surface area contributed by atoms with Crippen LogP contribution in [0.3, 0.4) is 0 Å². The number of carbonyl (C=O) groups excluding carboxylic acids is 1. The first kappa shape index (κ1) is 14.0. The van der Waals surface area contributed by atoms with Crippen LogP contribution in [0.1, 0.15) is 18.6 Å². The Morgan fingerprint density at radius 1 is 1.32 bits per heavy atom. The third-order valence-electron chi connectivity index (χ3n) is 2.44. The molecule has 0 N–H and O–H groups in total. The van der Waals surface area contributed by atoms with Crippen molar-refractivity contribution >= 4 is 14.6 Å². The second-order valence-corrected chi connectivity index (χ2v) is 5.01. The maximum absolute atomic E-state index is 11.8. The van der Waals surface area contributed by atoms with Gasteiger partial charge >= 0.3 is 14.6 Å². The van der Waals surface area contributed by atoms with Gasteiger partial charge < -0.3 is 18.3 Å². The van der Waals surface area contributed by atoms with Crippen molar-refractivity contribution in [2.45, 2.75) is 13.0 Å². The normalized spacial score (nSPS) is 16.9. The Balaban J connectivity index is 1.84. The molecule has 6 heteroatoms. The van der Waals surface area contributed by atoms with E-state index in [4.69, 9.17) is 18.3 Å². The molecule has 0 aromatic heterocycles. The maximum Gasteiger partial charge on any atom is 0.397 e. The molecule has 0 saturated carbocycles. The van der Waals surface area contributed by atoms with Crippen molar-refractivity contribution in [3.05, 3.63) is 48.2 Å². The van der Waals surface area contributed by atoms with Crippen molar-refractivity contribution in [2.24, 2.45) is 0 Å². The number of hydrogen-bond acceptors (Lipinski definition) is 5. The third kappa shape index (κ3) is 4.03. The number of carbonyl (C=O) groups is 1. The Morgan fingerprint density at radius 3 is 2.58 bits per heavy atom. The number of benzene rings is 1. The van der Waals surface area contributed by atoms with E-state index in [1.807, 2.05) is 30.3 Å². The lowest BCUT2D eigenvalue weighted by Crippen LogP contribution is -2.11. The Hall–Kier alpha value is -1.42. The first-order valence-corrected chi connectivity index (χ1v) is 6.95. The summed E-state index contributed by atoms with van der Waals surface area (Å²) in [5.41, 5.74) is 0.905. The number of esters is 1.